The number of ether oxygens (including phenoxy) is 2. The monoisotopic (exact) mass is 308 g/mol. The van der Waals surface area contributed by atoms with Gasteiger partial charge in [-0.15, -0.1) is 0 Å². The molecule has 0 unspecified atom stereocenters. The number of esters is 2. The van der Waals surface area contributed by atoms with Gasteiger partial charge in [0.2, 0.25) is 5.76 Å². The lowest BCUT2D eigenvalue weighted by atomic mass is 10.1. The van der Waals surface area contributed by atoms with E-state index in [1.54, 1.807) is 26.8 Å². The fraction of sp³-hybridized carbons (Fsp3) is 0.333. The summed E-state index contributed by atoms with van der Waals surface area (Å²) in [7, 11) is 1.13. The van der Waals surface area contributed by atoms with E-state index < -0.39 is 29.0 Å². The molecule has 0 saturated heterocycles. The van der Waals surface area contributed by atoms with E-state index in [0.29, 0.717) is 0 Å². The summed E-state index contributed by atoms with van der Waals surface area (Å²) in [5.41, 5.74) is -0.828. The molecule has 2 aromatic rings. The molecule has 0 spiro atoms. The Kier molecular flexibility index (Phi) is 3.99. The van der Waals surface area contributed by atoms with Crippen LogP contribution in [0.4, 0.5) is 0 Å². The molecule has 1 N–H and O–H groups in total. The molecule has 0 aliphatic rings. The molecule has 2 rings (SSSR count). The van der Waals surface area contributed by atoms with Crippen LogP contribution >= 0.6 is 0 Å². The third-order valence-electron chi connectivity index (χ3n) is 2.61. The Hall–Kier alpha value is -2.70. The Balaban J connectivity index is 2.57. The maximum Gasteiger partial charge on any atom is 0.377 e. The molecule has 0 fully saturated rings. The molecule has 0 aromatic carbocycles. The number of hydrogen-bond donors (Lipinski definition) is 1. The van der Waals surface area contributed by atoms with Gasteiger partial charge in [0.1, 0.15) is 16.9 Å². The van der Waals surface area contributed by atoms with Crippen molar-refractivity contribution in [3.05, 3.63) is 29.9 Å². The lowest BCUT2D eigenvalue weighted by molar-refractivity contribution is 0.00351. The van der Waals surface area contributed by atoms with Crippen LogP contribution in [0.2, 0.25) is 0 Å². The van der Waals surface area contributed by atoms with E-state index in [1.807, 2.05) is 0 Å². The standard InChI is InChI=1S/C15H16O7/c1-15(2,3)22-14(18)11-9(8-6-5-7-20-8)10(16)12(21-11)13(17)19-4/h5-7,16H,1-4H3. The fourth-order valence-electron chi connectivity index (χ4n) is 1.77. The van der Waals surface area contributed by atoms with Crippen molar-refractivity contribution >= 4 is 11.9 Å². The zero-order valence-electron chi connectivity index (χ0n) is 12.6. The fourth-order valence-corrected chi connectivity index (χ4v) is 1.77. The Morgan fingerprint density at radius 1 is 1.18 bits per heavy atom. The van der Waals surface area contributed by atoms with Crippen LogP contribution in [0.1, 0.15) is 41.9 Å². The van der Waals surface area contributed by atoms with Crippen molar-refractivity contribution in [2.45, 2.75) is 26.4 Å². The SMILES string of the molecule is COC(=O)c1oc(C(=O)OC(C)(C)C)c(-c2ccco2)c1O. The van der Waals surface area contributed by atoms with Gasteiger partial charge >= 0.3 is 11.9 Å². The molecular weight excluding hydrogens is 292 g/mol. The highest BCUT2D eigenvalue weighted by Crippen LogP contribution is 2.39. The molecule has 7 heteroatoms. The molecule has 118 valence electrons. The first-order chi connectivity index (χ1) is 10.2. The number of hydrogen-bond acceptors (Lipinski definition) is 7. The van der Waals surface area contributed by atoms with Crippen molar-refractivity contribution in [3.63, 3.8) is 0 Å². The molecule has 0 amide bonds. The topological polar surface area (TPSA) is 99.1 Å². The number of methoxy groups -OCH3 is 1. The highest BCUT2D eigenvalue weighted by atomic mass is 16.6. The normalized spacial score (nSPS) is 11.3. The van der Waals surface area contributed by atoms with E-state index >= 15 is 0 Å². The van der Waals surface area contributed by atoms with Gasteiger partial charge in [-0.3, -0.25) is 0 Å². The van der Waals surface area contributed by atoms with Crippen LogP contribution in [0.25, 0.3) is 11.3 Å². The second-order valence-electron chi connectivity index (χ2n) is 5.45. The molecule has 0 aliphatic heterocycles. The first kappa shape index (κ1) is 15.7. The maximum absolute atomic E-state index is 12.2. The summed E-state index contributed by atoms with van der Waals surface area (Å²) in [6.45, 7) is 5.05. The van der Waals surface area contributed by atoms with Crippen LogP contribution in [0.15, 0.2) is 27.2 Å². The quantitative estimate of drug-likeness (QED) is 0.870. The van der Waals surface area contributed by atoms with Crippen molar-refractivity contribution in [3.8, 4) is 17.1 Å². The highest BCUT2D eigenvalue weighted by molar-refractivity contribution is 6.01. The molecule has 22 heavy (non-hydrogen) atoms. The van der Waals surface area contributed by atoms with Gasteiger partial charge in [-0.25, -0.2) is 9.59 Å². The number of aromatic hydroxyl groups is 1. The minimum absolute atomic E-state index is 0.0559. The van der Waals surface area contributed by atoms with Crippen molar-refractivity contribution < 1.29 is 33.0 Å². The van der Waals surface area contributed by atoms with Crippen LogP contribution in [-0.4, -0.2) is 29.8 Å². The van der Waals surface area contributed by atoms with Crippen molar-refractivity contribution in [2.24, 2.45) is 0 Å². The second kappa shape index (κ2) is 5.59. The number of rotatable bonds is 3. The van der Waals surface area contributed by atoms with Crippen LogP contribution in [-0.2, 0) is 9.47 Å². The summed E-state index contributed by atoms with van der Waals surface area (Å²) in [6.07, 6.45) is 1.36. The molecule has 0 atom stereocenters. The molecule has 0 saturated carbocycles. The number of carbonyl (C=O) groups excluding carboxylic acids is 2. The first-order valence-corrected chi connectivity index (χ1v) is 6.46. The Morgan fingerprint density at radius 2 is 1.86 bits per heavy atom. The van der Waals surface area contributed by atoms with Gasteiger partial charge in [-0.05, 0) is 32.9 Å². The molecule has 0 radical (unpaired) electrons. The Labute approximate surface area is 126 Å². The minimum Gasteiger partial charge on any atom is -0.503 e. The average molecular weight is 308 g/mol. The summed E-state index contributed by atoms with van der Waals surface area (Å²) in [6, 6.07) is 3.08. The van der Waals surface area contributed by atoms with Gasteiger partial charge in [0.25, 0.3) is 5.76 Å². The van der Waals surface area contributed by atoms with E-state index in [2.05, 4.69) is 4.74 Å². The zero-order valence-corrected chi connectivity index (χ0v) is 12.6. The van der Waals surface area contributed by atoms with Crippen molar-refractivity contribution in [1.82, 2.24) is 0 Å². The van der Waals surface area contributed by atoms with Gasteiger partial charge in [0.05, 0.1) is 13.4 Å². The summed E-state index contributed by atoms with van der Waals surface area (Å²) >= 11 is 0. The lowest BCUT2D eigenvalue weighted by Gasteiger charge is -2.18. The first-order valence-electron chi connectivity index (χ1n) is 6.46. The molecule has 2 aromatic heterocycles. The summed E-state index contributed by atoms with van der Waals surface area (Å²) < 4.78 is 20.1. The van der Waals surface area contributed by atoms with E-state index in [-0.39, 0.29) is 17.1 Å². The summed E-state index contributed by atoms with van der Waals surface area (Å²) in [4.78, 5) is 23.9. The van der Waals surface area contributed by atoms with Gasteiger partial charge < -0.3 is 23.4 Å². The predicted molar refractivity (Wildman–Crippen MR) is 74.6 cm³/mol. The lowest BCUT2D eigenvalue weighted by Crippen LogP contribution is -2.23. The maximum atomic E-state index is 12.2. The van der Waals surface area contributed by atoms with Crippen molar-refractivity contribution in [2.75, 3.05) is 7.11 Å². The van der Waals surface area contributed by atoms with Crippen LogP contribution in [0.5, 0.6) is 5.75 Å². The van der Waals surface area contributed by atoms with Gasteiger partial charge in [-0.2, -0.15) is 0 Å². The highest BCUT2D eigenvalue weighted by Gasteiger charge is 2.33. The number of furan rings is 2. The van der Waals surface area contributed by atoms with Gasteiger partial charge in [-0.1, -0.05) is 0 Å². The second-order valence-corrected chi connectivity index (χ2v) is 5.45. The Morgan fingerprint density at radius 3 is 2.36 bits per heavy atom. The van der Waals surface area contributed by atoms with E-state index in [4.69, 9.17) is 13.6 Å². The molecule has 2 heterocycles. The van der Waals surface area contributed by atoms with Gasteiger partial charge in [0, 0.05) is 0 Å². The zero-order chi connectivity index (χ0) is 16.5. The third kappa shape index (κ3) is 2.98. The largest absolute Gasteiger partial charge is 0.503 e. The Bertz CT molecular complexity index is 686. The van der Waals surface area contributed by atoms with Crippen LogP contribution in [0, 0.1) is 0 Å². The van der Waals surface area contributed by atoms with Gasteiger partial charge in [0.15, 0.2) is 5.75 Å². The molecule has 0 bridgehead atoms. The predicted octanol–water partition coefficient (Wildman–Crippen LogP) is 2.99. The number of carbonyl (C=O) groups is 2. The summed E-state index contributed by atoms with van der Waals surface area (Å²) in [5.74, 6) is -2.94. The average Bonchev–Trinajstić information content (AvgIpc) is 3.03. The van der Waals surface area contributed by atoms with E-state index in [9.17, 15) is 14.7 Å². The van der Waals surface area contributed by atoms with Crippen LogP contribution in [0.3, 0.4) is 0 Å². The minimum atomic E-state index is -0.917. The van der Waals surface area contributed by atoms with Crippen LogP contribution < -0.4 is 0 Å². The summed E-state index contributed by atoms with van der Waals surface area (Å²) in [5, 5.41) is 10.2. The molecule has 7 nitrogen and oxygen atoms in total. The molecular formula is C15H16O7. The van der Waals surface area contributed by atoms with Crippen molar-refractivity contribution in [1.29, 1.82) is 0 Å². The van der Waals surface area contributed by atoms with E-state index in [1.165, 1.54) is 12.3 Å². The third-order valence-corrected chi connectivity index (χ3v) is 2.61. The van der Waals surface area contributed by atoms with E-state index in [0.717, 1.165) is 7.11 Å². The molecule has 0 aliphatic carbocycles. The smallest absolute Gasteiger partial charge is 0.377 e.